The maximum atomic E-state index is 12.9. The van der Waals surface area contributed by atoms with Crippen molar-refractivity contribution in [3.05, 3.63) is 18.2 Å². The number of morpholine rings is 1. The quantitative estimate of drug-likeness (QED) is 0.851. The van der Waals surface area contributed by atoms with E-state index in [1.54, 1.807) is 0 Å². The number of nitrogens with zero attached hydrogens (tertiary/aromatic N) is 4. The molecule has 6 heteroatoms. The molecule has 2 aliphatic heterocycles. The highest BCUT2D eigenvalue weighted by Gasteiger charge is 2.25. The number of anilines is 1. The van der Waals surface area contributed by atoms with Crippen LogP contribution in [0.3, 0.4) is 0 Å². The van der Waals surface area contributed by atoms with E-state index >= 15 is 0 Å². The molecule has 5 nitrogen and oxygen atoms in total. The van der Waals surface area contributed by atoms with Gasteiger partial charge in [-0.3, -0.25) is 4.90 Å². The first kappa shape index (κ1) is 16.6. The van der Waals surface area contributed by atoms with E-state index in [9.17, 15) is 4.39 Å². The highest BCUT2D eigenvalue weighted by molar-refractivity contribution is 5.29. The zero-order valence-corrected chi connectivity index (χ0v) is 14.1. The van der Waals surface area contributed by atoms with Crippen molar-refractivity contribution in [2.45, 2.75) is 45.3 Å². The normalized spacial score (nSPS) is 27.3. The van der Waals surface area contributed by atoms with E-state index < -0.39 is 0 Å². The third-order valence-corrected chi connectivity index (χ3v) is 4.85. The second-order valence-corrected chi connectivity index (χ2v) is 6.94. The van der Waals surface area contributed by atoms with Gasteiger partial charge in [0.25, 0.3) is 0 Å². The minimum atomic E-state index is -0.377. The largest absolute Gasteiger partial charge is 0.373 e. The van der Waals surface area contributed by atoms with Crippen LogP contribution < -0.4 is 4.90 Å². The molecule has 3 rings (SSSR count). The number of halogens is 1. The van der Waals surface area contributed by atoms with E-state index in [1.807, 2.05) is 0 Å². The van der Waals surface area contributed by atoms with Gasteiger partial charge in [0.1, 0.15) is 0 Å². The fourth-order valence-corrected chi connectivity index (χ4v) is 3.72. The molecule has 3 heterocycles. The van der Waals surface area contributed by atoms with Crippen molar-refractivity contribution in [3.63, 3.8) is 0 Å². The van der Waals surface area contributed by atoms with Gasteiger partial charge in [-0.2, -0.15) is 0 Å². The highest BCUT2D eigenvalue weighted by atomic mass is 19.1. The van der Waals surface area contributed by atoms with Crippen molar-refractivity contribution in [1.29, 1.82) is 0 Å². The van der Waals surface area contributed by atoms with E-state index in [0.717, 1.165) is 51.5 Å². The molecular weight excluding hydrogens is 295 g/mol. The summed E-state index contributed by atoms with van der Waals surface area (Å²) in [5.74, 6) is 1.04. The van der Waals surface area contributed by atoms with Crippen molar-refractivity contribution in [2.24, 2.45) is 5.92 Å². The third kappa shape index (κ3) is 4.61. The molecule has 0 bridgehead atoms. The number of aromatic nitrogens is 2. The summed E-state index contributed by atoms with van der Waals surface area (Å²) in [5, 5.41) is 0. The number of hydrogen-bond acceptors (Lipinski definition) is 5. The first-order valence-corrected chi connectivity index (χ1v) is 8.70. The molecule has 2 fully saturated rings. The predicted molar refractivity (Wildman–Crippen MR) is 88.0 cm³/mol. The monoisotopic (exact) mass is 322 g/mol. The van der Waals surface area contributed by atoms with Crippen LogP contribution in [0.1, 0.15) is 33.1 Å². The standard InChI is InChI=1S/C17H27FN4O/c1-13-11-21(12-14(2)23-13)6-3-15-4-7-22(8-5-15)17-19-9-16(18)10-20-17/h9-10,13-15H,3-8,11-12H2,1-2H3/t13-,14-/m1/s1. The summed E-state index contributed by atoms with van der Waals surface area (Å²) in [6.45, 7) is 9.50. The van der Waals surface area contributed by atoms with Gasteiger partial charge in [-0.15, -0.1) is 0 Å². The van der Waals surface area contributed by atoms with Crippen LogP contribution >= 0.6 is 0 Å². The van der Waals surface area contributed by atoms with Gasteiger partial charge in [0.05, 0.1) is 24.6 Å². The van der Waals surface area contributed by atoms with Crippen molar-refractivity contribution >= 4 is 5.95 Å². The summed E-state index contributed by atoms with van der Waals surface area (Å²) < 4.78 is 18.7. The lowest BCUT2D eigenvalue weighted by Crippen LogP contribution is -2.46. The fraction of sp³-hybridized carbons (Fsp3) is 0.765. The summed E-state index contributed by atoms with van der Waals surface area (Å²) in [6.07, 6.45) is 6.75. The number of piperidine rings is 1. The Morgan fingerprint density at radius 3 is 2.35 bits per heavy atom. The number of ether oxygens (including phenoxy) is 1. The van der Waals surface area contributed by atoms with Crippen LogP contribution in [0, 0.1) is 11.7 Å². The van der Waals surface area contributed by atoms with Crippen LogP contribution in [0.2, 0.25) is 0 Å². The van der Waals surface area contributed by atoms with Crippen molar-refractivity contribution < 1.29 is 9.13 Å². The zero-order valence-electron chi connectivity index (χ0n) is 14.1. The number of rotatable bonds is 4. The average molecular weight is 322 g/mol. The molecule has 0 N–H and O–H groups in total. The second-order valence-electron chi connectivity index (χ2n) is 6.94. The van der Waals surface area contributed by atoms with Gasteiger partial charge >= 0.3 is 0 Å². The van der Waals surface area contributed by atoms with E-state index in [1.165, 1.54) is 18.8 Å². The van der Waals surface area contributed by atoms with E-state index in [2.05, 4.69) is 33.6 Å². The van der Waals surface area contributed by atoms with Gasteiger partial charge in [0, 0.05) is 26.2 Å². The first-order valence-electron chi connectivity index (χ1n) is 8.70. The van der Waals surface area contributed by atoms with Crippen LogP contribution in [-0.4, -0.2) is 59.8 Å². The zero-order chi connectivity index (χ0) is 16.2. The Morgan fingerprint density at radius 2 is 1.74 bits per heavy atom. The summed E-state index contributed by atoms with van der Waals surface area (Å²) in [7, 11) is 0. The minimum absolute atomic E-state index is 0.344. The van der Waals surface area contributed by atoms with Crippen molar-refractivity contribution in [2.75, 3.05) is 37.6 Å². The van der Waals surface area contributed by atoms with Crippen LogP contribution in [0.15, 0.2) is 12.4 Å². The molecular formula is C17H27FN4O. The predicted octanol–water partition coefficient (Wildman–Crippen LogP) is 2.33. The smallest absolute Gasteiger partial charge is 0.225 e. The molecule has 0 radical (unpaired) electrons. The van der Waals surface area contributed by atoms with E-state index in [-0.39, 0.29) is 5.82 Å². The average Bonchev–Trinajstić information content (AvgIpc) is 2.53. The van der Waals surface area contributed by atoms with Gasteiger partial charge < -0.3 is 9.64 Å². The molecule has 1 aromatic rings. The second kappa shape index (κ2) is 7.53. The molecule has 2 saturated heterocycles. The molecule has 2 atom stereocenters. The lowest BCUT2D eigenvalue weighted by molar-refractivity contribution is -0.0690. The van der Waals surface area contributed by atoms with Crippen LogP contribution in [0.4, 0.5) is 10.3 Å². The molecule has 0 amide bonds. The molecule has 0 spiro atoms. The van der Waals surface area contributed by atoms with Gasteiger partial charge in [-0.1, -0.05) is 0 Å². The maximum absolute atomic E-state index is 12.9. The van der Waals surface area contributed by atoms with Crippen molar-refractivity contribution in [3.8, 4) is 0 Å². The molecule has 2 aliphatic rings. The Bertz CT molecular complexity index is 480. The highest BCUT2D eigenvalue weighted by Crippen LogP contribution is 2.24. The summed E-state index contributed by atoms with van der Waals surface area (Å²) in [6, 6.07) is 0. The van der Waals surface area contributed by atoms with Crippen LogP contribution in [0.5, 0.6) is 0 Å². The van der Waals surface area contributed by atoms with E-state index in [4.69, 9.17) is 4.74 Å². The third-order valence-electron chi connectivity index (χ3n) is 4.85. The Labute approximate surface area is 137 Å². The Morgan fingerprint density at radius 1 is 1.13 bits per heavy atom. The molecule has 0 aliphatic carbocycles. The molecule has 23 heavy (non-hydrogen) atoms. The fourth-order valence-electron chi connectivity index (χ4n) is 3.72. The Hall–Kier alpha value is -1.27. The SMILES string of the molecule is C[C@@H]1CN(CCC2CCN(c3ncc(F)cn3)CC2)C[C@@H](C)O1. The lowest BCUT2D eigenvalue weighted by atomic mass is 9.93. The number of hydrogen-bond donors (Lipinski definition) is 0. The van der Waals surface area contributed by atoms with Crippen LogP contribution in [-0.2, 0) is 4.74 Å². The Kier molecular flexibility index (Phi) is 5.43. The molecule has 0 unspecified atom stereocenters. The first-order chi connectivity index (χ1) is 11.1. The van der Waals surface area contributed by atoms with E-state index in [0.29, 0.717) is 18.2 Å². The van der Waals surface area contributed by atoms with Gasteiger partial charge in [-0.05, 0) is 45.6 Å². The van der Waals surface area contributed by atoms with Crippen LogP contribution in [0.25, 0.3) is 0 Å². The lowest BCUT2D eigenvalue weighted by Gasteiger charge is -2.37. The van der Waals surface area contributed by atoms with Crippen molar-refractivity contribution in [1.82, 2.24) is 14.9 Å². The Balaban J connectivity index is 1.41. The molecule has 0 aromatic carbocycles. The summed E-state index contributed by atoms with van der Waals surface area (Å²) in [5.41, 5.74) is 0. The molecule has 128 valence electrons. The van der Waals surface area contributed by atoms with Gasteiger partial charge in [-0.25, -0.2) is 14.4 Å². The maximum Gasteiger partial charge on any atom is 0.225 e. The summed E-state index contributed by atoms with van der Waals surface area (Å²) >= 11 is 0. The minimum Gasteiger partial charge on any atom is -0.373 e. The summed E-state index contributed by atoms with van der Waals surface area (Å²) in [4.78, 5) is 12.9. The topological polar surface area (TPSA) is 41.5 Å². The van der Waals surface area contributed by atoms with Gasteiger partial charge in [0.2, 0.25) is 5.95 Å². The van der Waals surface area contributed by atoms with Gasteiger partial charge in [0.15, 0.2) is 5.82 Å². The molecule has 0 saturated carbocycles. The molecule has 1 aromatic heterocycles.